The number of hydrogen-bond acceptors (Lipinski definition) is 5. The summed E-state index contributed by atoms with van der Waals surface area (Å²) in [6, 6.07) is 0. The van der Waals surface area contributed by atoms with Crippen LogP contribution in [0, 0.1) is 0 Å². The van der Waals surface area contributed by atoms with Gasteiger partial charge in [0, 0.05) is 13.1 Å². The van der Waals surface area contributed by atoms with Gasteiger partial charge in [0.2, 0.25) is 0 Å². The Morgan fingerprint density at radius 3 is 2.79 bits per heavy atom. The molecule has 1 aromatic rings. The van der Waals surface area contributed by atoms with Crippen molar-refractivity contribution in [3.8, 4) is 0 Å². The number of aryl methyl sites for hydroxylation is 1. The third-order valence-electron chi connectivity index (χ3n) is 1.80. The second-order valence-electron chi connectivity index (χ2n) is 2.63. The lowest BCUT2D eigenvalue weighted by Gasteiger charge is -2.02. The molecule has 0 saturated heterocycles. The number of hydrogen-bond donors (Lipinski definition) is 1. The first kappa shape index (κ1) is 10.6. The van der Waals surface area contributed by atoms with Crippen molar-refractivity contribution in [1.82, 2.24) is 15.0 Å². The van der Waals surface area contributed by atoms with Gasteiger partial charge < -0.3 is 10.5 Å². The van der Waals surface area contributed by atoms with Gasteiger partial charge in [-0.1, -0.05) is 5.21 Å². The van der Waals surface area contributed by atoms with Gasteiger partial charge in [-0.25, -0.2) is 9.48 Å². The number of aromatic nitrogens is 3. The first-order valence-electron chi connectivity index (χ1n) is 4.54. The monoisotopic (exact) mass is 198 g/mol. The van der Waals surface area contributed by atoms with E-state index in [1.807, 2.05) is 6.92 Å². The molecule has 6 heteroatoms. The summed E-state index contributed by atoms with van der Waals surface area (Å²) in [4.78, 5) is 11.4. The molecule has 0 amide bonds. The van der Waals surface area contributed by atoms with Crippen LogP contribution >= 0.6 is 0 Å². The maximum absolute atomic E-state index is 11.4. The van der Waals surface area contributed by atoms with Crippen LogP contribution in [0.15, 0.2) is 0 Å². The number of rotatable bonds is 4. The predicted molar refractivity (Wildman–Crippen MR) is 49.5 cm³/mol. The van der Waals surface area contributed by atoms with Crippen LogP contribution < -0.4 is 5.73 Å². The maximum atomic E-state index is 11.4. The molecule has 14 heavy (non-hydrogen) atoms. The topological polar surface area (TPSA) is 83.0 Å². The second-order valence-corrected chi connectivity index (χ2v) is 2.63. The Bertz CT molecular complexity index is 321. The van der Waals surface area contributed by atoms with Crippen LogP contribution in [0.2, 0.25) is 0 Å². The molecule has 0 saturated carbocycles. The Morgan fingerprint density at radius 1 is 1.57 bits per heavy atom. The Labute approximate surface area is 82.0 Å². The molecule has 0 unspecified atom stereocenters. The molecule has 0 atom stereocenters. The molecule has 0 spiro atoms. The average molecular weight is 198 g/mol. The molecule has 6 nitrogen and oxygen atoms in total. The predicted octanol–water partition coefficient (Wildman–Crippen LogP) is -0.0666. The molecule has 1 rings (SSSR count). The van der Waals surface area contributed by atoms with E-state index in [1.54, 1.807) is 11.6 Å². The molecule has 1 heterocycles. The van der Waals surface area contributed by atoms with Gasteiger partial charge in [0.05, 0.1) is 12.3 Å². The van der Waals surface area contributed by atoms with Crippen molar-refractivity contribution < 1.29 is 9.53 Å². The zero-order chi connectivity index (χ0) is 10.6. The lowest BCUT2D eigenvalue weighted by atomic mass is 10.3. The summed E-state index contributed by atoms with van der Waals surface area (Å²) in [5, 5.41) is 7.53. The van der Waals surface area contributed by atoms with E-state index < -0.39 is 5.97 Å². The third-order valence-corrected chi connectivity index (χ3v) is 1.80. The molecule has 0 aliphatic carbocycles. The first-order valence-corrected chi connectivity index (χ1v) is 4.54. The highest BCUT2D eigenvalue weighted by atomic mass is 16.5. The van der Waals surface area contributed by atoms with Crippen molar-refractivity contribution in [2.24, 2.45) is 5.73 Å². The highest BCUT2D eigenvalue weighted by Crippen LogP contribution is 2.06. The van der Waals surface area contributed by atoms with Crippen molar-refractivity contribution in [2.45, 2.75) is 26.9 Å². The smallest absolute Gasteiger partial charge is 0.360 e. The zero-order valence-electron chi connectivity index (χ0n) is 8.36. The number of carbonyl (C=O) groups is 1. The molecular weight excluding hydrogens is 184 g/mol. The van der Waals surface area contributed by atoms with Gasteiger partial charge in [-0.15, -0.1) is 5.10 Å². The molecule has 0 aliphatic rings. The Balaban J connectivity index is 2.96. The van der Waals surface area contributed by atoms with Crippen molar-refractivity contribution in [3.63, 3.8) is 0 Å². The number of carbonyl (C=O) groups excluding carboxylic acids is 1. The normalized spacial score (nSPS) is 10.2. The lowest BCUT2D eigenvalue weighted by Crippen LogP contribution is -2.13. The molecule has 78 valence electrons. The van der Waals surface area contributed by atoms with Crippen LogP contribution in [0.5, 0.6) is 0 Å². The van der Waals surface area contributed by atoms with Gasteiger partial charge in [-0.05, 0) is 13.8 Å². The Hall–Kier alpha value is -1.43. The van der Waals surface area contributed by atoms with Crippen molar-refractivity contribution in [3.05, 3.63) is 11.4 Å². The molecule has 0 aliphatic heterocycles. The van der Waals surface area contributed by atoms with Gasteiger partial charge in [0.25, 0.3) is 0 Å². The fourth-order valence-corrected chi connectivity index (χ4v) is 1.15. The minimum Gasteiger partial charge on any atom is -0.461 e. The Morgan fingerprint density at radius 2 is 2.29 bits per heavy atom. The zero-order valence-corrected chi connectivity index (χ0v) is 8.36. The van der Waals surface area contributed by atoms with E-state index in [2.05, 4.69) is 10.3 Å². The number of nitrogens with zero attached hydrogens (tertiary/aromatic N) is 3. The Kier molecular flexibility index (Phi) is 3.58. The molecule has 1 aromatic heterocycles. The van der Waals surface area contributed by atoms with Gasteiger partial charge in [-0.3, -0.25) is 0 Å². The van der Waals surface area contributed by atoms with E-state index >= 15 is 0 Å². The van der Waals surface area contributed by atoms with Crippen LogP contribution in [0.1, 0.15) is 30.0 Å². The fourth-order valence-electron chi connectivity index (χ4n) is 1.15. The number of ether oxygens (including phenoxy) is 1. The molecule has 0 radical (unpaired) electrons. The van der Waals surface area contributed by atoms with Gasteiger partial charge >= 0.3 is 5.97 Å². The summed E-state index contributed by atoms with van der Waals surface area (Å²) in [7, 11) is 0. The SMILES string of the molecule is CCOC(=O)c1nnn(CC)c1CN. The van der Waals surface area contributed by atoms with Crippen LogP contribution in [0.4, 0.5) is 0 Å². The summed E-state index contributed by atoms with van der Waals surface area (Å²) in [6.45, 7) is 4.84. The quantitative estimate of drug-likeness (QED) is 0.685. The first-order chi connectivity index (χ1) is 6.74. The van der Waals surface area contributed by atoms with Crippen LogP contribution in [-0.2, 0) is 17.8 Å². The van der Waals surface area contributed by atoms with Gasteiger partial charge in [0.1, 0.15) is 0 Å². The van der Waals surface area contributed by atoms with Gasteiger partial charge in [0.15, 0.2) is 5.69 Å². The van der Waals surface area contributed by atoms with E-state index in [0.717, 1.165) is 0 Å². The third kappa shape index (κ3) is 1.90. The largest absolute Gasteiger partial charge is 0.461 e. The van der Waals surface area contributed by atoms with E-state index in [4.69, 9.17) is 10.5 Å². The minimum absolute atomic E-state index is 0.219. The molecule has 0 bridgehead atoms. The van der Waals surface area contributed by atoms with Crippen molar-refractivity contribution in [1.29, 1.82) is 0 Å². The van der Waals surface area contributed by atoms with E-state index in [-0.39, 0.29) is 12.2 Å². The summed E-state index contributed by atoms with van der Waals surface area (Å²) in [6.07, 6.45) is 0. The van der Waals surface area contributed by atoms with Crippen LogP contribution in [-0.4, -0.2) is 27.6 Å². The van der Waals surface area contributed by atoms with Crippen molar-refractivity contribution in [2.75, 3.05) is 6.61 Å². The molecular formula is C8H14N4O2. The van der Waals surface area contributed by atoms with Crippen LogP contribution in [0.3, 0.4) is 0 Å². The van der Waals surface area contributed by atoms with Crippen LogP contribution in [0.25, 0.3) is 0 Å². The summed E-state index contributed by atoms with van der Waals surface area (Å²) < 4.78 is 6.41. The fraction of sp³-hybridized carbons (Fsp3) is 0.625. The summed E-state index contributed by atoms with van der Waals surface area (Å²) in [5.74, 6) is -0.465. The molecule has 0 aromatic carbocycles. The summed E-state index contributed by atoms with van der Waals surface area (Å²) in [5.41, 5.74) is 6.33. The van der Waals surface area contributed by atoms with Crippen molar-refractivity contribution >= 4 is 5.97 Å². The highest BCUT2D eigenvalue weighted by molar-refractivity contribution is 5.88. The average Bonchev–Trinajstić information content (AvgIpc) is 2.60. The minimum atomic E-state index is -0.465. The van der Waals surface area contributed by atoms with E-state index in [1.165, 1.54) is 0 Å². The standard InChI is InChI=1S/C8H14N4O2/c1-3-12-6(5-9)7(10-11-12)8(13)14-4-2/h3-5,9H2,1-2H3. The molecule has 0 fully saturated rings. The number of nitrogens with two attached hydrogens (primary N) is 1. The maximum Gasteiger partial charge on any atom is 0.360 e. The molecule has 2 N–H and O–H groups in total. The van der Waals surface area contributed by atoms with Gasteiger partial charge in [-0.2, -0.15) is 0 Å². The van der Waals surface area contributed by atoms with E-state index in [0.29, 0.717) is 18.8 Å². The second kappa shape index (κ2) is 4.71. The number of esters is 1. The highest BCUT2D eigenvalue weighted by Gasteiger charge is 2.18. The lowest BCUT2D eigenvalue weighted by molar-refractivity contribution is 0.0518. The summed E-state index contributed by atoms with van der Waals surface area (Å²) >= 11 is 0. The van der Waals surface area contributed by atoms with E-state index in [9.17, 15) is 4.79 Å².